The number of nitrogens with one attached hydrogen (secondary N) is 1. The van der Waals surface area contributed by atoms with Crippen molar-refractivity contribution in [2.75, 3.05) is 39.4 Å². The molecule has 1 aromatic rings. The van der Waals surface area contributed by atoms with E-state index in [0.717, 1.165) is 55.8 Å². The number of ether oxygens (including phenoxy) is 1. The van der Waals surface area contributed by atoms with Gasteiger partial charge < -0.3 is 10.1 Å². The second-order valence-electron chi connectivity index (χ2n) is 4.77. The van der Waals surface area contributed by atoms with Gasteiger partial charge in [0.25, 0.3) is 0 Å². The highest BCUT2D eigenvalue weighted by atomic mass is 35.5. The molecule has 1 saturated heterocycles. The lowest BCUT2D eigenvalue weighted by atomic mass is 10.0. The van der Waals surface area contributed by atoms with Gasteiger partial charge in [0, 0.05) is 24.7 Å². The first-order chi connectivity index (χ1) is 9.36. The van der Waals surface area contributed by atoms with Gasteiger partial charge in [0.05, 0.1) is 25.8 Å². The molecule has 102 valence electrons. The molecule has 19 heavy (non-hydrogen) atoms. The Balaban J connectivity index is 1.93. The van der Waals surface area contributed by atoms with Crippen molar-refractivity contribution >= 4 is 17.4 Å². The van der Waals surface area contributed by atoms with E-state index in [2.05, 4.69) is 21.3 Å². The molecule has 0 bridgehead atoms. The topological polar surface area (TPSA) is 36.9 Å². The molecule has 1 N–H and O–H groups in total. The Bertz CT molecular complexity index is 472. The lowest BCUT2D eigenvalue weighted by Gasteiger charge is -2.35. The fraction of sp³-hybridized carbons (Fsp3) is 0.500. The summed E-state index contributed by atoms with van der Waals surface area (Å²) < 4.78 is 5.44. The zero-order chi connectivity index (χ0) is 13.1. The molecule has 2 aliphatic heterocycles. The maximum Gasteiger partial charge on any atom is 0.119 e. The molecule has 3 rings (SSSR count). The van der Waals surface area contributed by atoms with Crippen LogP contribution in [0.2, 0.25) is 5.02 Å². The number of nitrogens with zero attached hydrogens (tertiary/aromatic N) is 2. The minimum absolute atomic E-state index is 0.125. The van der Waals surface area contributed by atoms with E-state index in [1.54, 1.807) is 0 Å². The molecule has 0 aliphatic carbocycles. The van der Waals surface area contributed by atoms with Gasteiger partial charge >= 0.3 is 0 Å². The molecule has 1 unspecified atom stereocenters. The van der Waals surface area contributed by atoms with E-state index in [-0.39, 0.29) is 6.04 Å². The lowest BCUT2D eigenvalue weighted by Crippen LogP contribution is -2.44. The summed E-state index contributed by atoms with van der Waals surface area (Å²) in [5, 5.41) is 4.19. The Kier molecular flexibility index (Phi) is 4.01. The molecule has 0 radical (unpaired) electrons. The van der Waals surface area contributed by atoms with E-state index < -0.39 is 0 Å². The number of amidine groups is 1. The number of aliphatic imine (C=N–C) groups is 1. The molecule has 0 aromatic heterocycles. The van der Waals surface area contributed by atoms with E-state index in [9.17, 15) is 0 Å². The van der Waals surface area contributed by atoms with Gasteiger partial charge in [0.15, 0.2) is 0 Å². The molecule has 0 saturated carbocycles. The molecule has 1 aromatic carbocycles. The first kappa shape index (κ1) is 12.9. The van der Waals surface area contributed by atoms with Crippen molar-refractivity contribution in [3.05, 3.63) is 34.9 Å². The second-order valence-corrected chi connectivity index (χ2v) is 5.17. The largest absolute Gasteiger partial charge is 0.379 e. The van der Waals surface area contributed by atoms with Crippen LogP contribution in [0.1, 0.15) is 11.6 Å². The predicted molar refractivity (Wildman–Crippen MR) is 76.9 cm³/mol. The Morgan fingerprint density at radius 3 is 2.74 bits per heavy atom. The minimum Gasteiger partial charge on any atom is -0.379 e. The molecule has 2 heterocycles. The highest BCUT2D eigenvalue weighted by Gasteiger charge is 2.29. The maximum atomic E-state index is 6.38. The smallest absolute Gasteiger partial charge is 0.119 e. The van der Waals surface area contributed by atoms with Crippen LogP contribution in [0.25, 0.3) is 0 Å². The van der Waals surface area contributed by atoms with E-state index in [4.69, 9.17) is 16.3 Å². The monoisotopic (exact) mass is 279 g/mol. The zero-order valence-electron chi connectivity index (χ0n) is 10.8. The highest BCUT2D eigenvalue weighted by Crippen LogP contribution is 2.29. The van der Waals surface area contributed by atoms with Gasteiger partial charge in [-0.3, -0.25) is 9.89 Å². The van der Waals surface area contributed by atoms with Crippen LogP contribution >= 0.6 is 11.6 Å². The molecule has 0 amide bonds. The summed E-state index contributed by atoms with van der Waals surface area (Å²) in [5.41, 5.74) is 1.12. The second kappa shape index (κ2) is 5.90. The van der Waals surface area contributed by atoms with Crippen molar-refractivity contribution in [2.24, 2.45) is 4.99 Å². The van der Waals surface area contributed by atoms with Gasteiger partial charge in [0.1, 0.15) is 5.84 Å². The average Bonchev–Trinajstić information content (AvgIpc) is 2.96. The van der Waals surface area contributed by atoms with E-state index in [0.29, 0.717) is 0 Å². The normalized spacial score (nSPS) is 21.8. The highest BCUT2D eigenvalue weighted by molar-refractivity contribution is 6.31. The van der Waals surface area contributed by atoms with E-state index in [1.807, 2.05) is 18.2 Å². The van der Waals surface area contributed by atoms with E-state index in [1.165, 1.54) is 0 Å². The molecule has 2 aliphatic rings. The predicted octanol–water partition coefficient (Wildman–Crippen LogP) is 1.71. The van der Waals surface area contributed by atoms with E-state index >= 15 is 0 Å². The third-order valence-electron chi connectivity index (χ3n) is 3.57. The average molecular weight is 280 g/mol. The standard InChI is InChI=1S/C14H18ClN3O/c15-12-4-2-1-3-11(12)13(14-16-5-6-17-14)18-7-9-19-10-8-18/h1-4,13H,5-10H2,(H,16,17). The zero-order valence-corrected chi connectivity index (χ0v) is 11.6. The molecule has 1 fully saturated rings. The molecule has 4 nitrogen and oxygen atoms in total. The van der Waals surface area contributed by atoms with Crippen molar-refractivity contribution in [3.63, 3.8) is 0 Å². The van der Waals surface area contributed by atoms with Crippen LogP contribution in [0, 0.1) is 0 Å². The number of benzene rings is 1. The van der Waals surface area contributed by atoms with Gasteiger partial charge in [-0.2, -0.15) is 0 Å². The third kappa shape index (κ3) is 2.76. The third-order valence-corrected chi connectivity index (χ3v) is 3.91. The summed E-state index contributed by atoms with van der Waals surface area (Å²) in [6, 6.07) is 8.15. The van der Waals surface area contributed by atoms with Crippen LogP contribution in [0.3, 0.4) is 0 Å². The summed E-state index contributed by atoms with van der Waals surface area (Å²) in [7, 11) is 0. The van der Waals surface area contributed by atoms with Gasteiger partial charge in [-0.15, -0.1) is 0 Å². The number of hydrogen-bond donors (Lipinski definition) is 1. The molecule has 0 spiro atoms. The SMILES string of the molecule is Clc1ccccc1C(C1=NCCN1)N1CCOCC1. The Morgan fingerprint density at radius 2 is 2.05 bits per heavy atom. The Morgan fingerprint density at radius 1 is 1.26 bits per heavy atom. The summed E-state index contributed by atoms with van der Waals surface area (Å²) in [6.07, 6.45) is 0. The van der Waals surface area contributed by atoms with Crippen LogP contribution in [0.15, 0.2) is 29.3 Å². The maximum absolute atomic E-state index is 6.38. The quantitative estimate of drug-likeness (QED) is 0.915. The van der Waals surface area contributed by atoms with Crippen LogP contribution < -0.4 is 5.32 Å². The lowest BCUT2D eigenvalue weighted by molar-refractivity contribution is 0.0283. The van der Waals surface area contributed by atoms with Gasteiger partial charge in [-0.05, 0) is 11.6 Å². The summed E-state index contributed by atoms with van der Waals surface area (Å²) >= 11 is 6.38. The van der Waals surface area contributed by atoms with Crippen molar-refractivity contribution in [1.29, 1.82) is 0 Å². The number of morpholine rings is 1. The van der Waals surface area contributed by atoms with Crippen molar-refractivity contribution in [1.82, 2.24) is 10.2 Å². The van der Waals surface area contributed by atoms with Crippen molar-refractivity contribution in [3.8, 4) is 0 Å². The number of rotatable bonds is 3. The molecular formula is C14H18ClN3O. The Labute approximate surface area is 118 Å². The first-order valence-electron chi connectivity index (χ1n) is 6.71. The van der Waals surface area contributed by atoms with Crippen LogP contribution in [0.5, 0.6) is 0 Å². The fourth-order valence-electron chi connectivity index (χ4n) is 2.65. The molecule has 1 atom stereocenters. The van der Waals surface area contributed by atoms with Crippen molar-refractivity contribution in [2.45, 2.75) is 6.04 Å². The van der Waals surface area contributed by atoms with Gasteiger partial charge in [-0.25, -0.2) is 0 Å². The first-order valence-corrected chi connectivity index (χ1v) is 7.08. The number of hydrogen-bond acceptors (Lipinski definition) is 4. The Hall–Kier alpha value is -1.10. The van der Waals surface area contributed by atoms with Crippen LogP contribution in [0.4, 0.5) is 0 Å². The number of halogens is 1. The summed E-state index contributed by atoms with van der Waals surface area (Å²) in [5.74, 6) is 1.04. The minimum atomic E-state index is 0.125. The van der Waals surface area contributed by atoms with Crippen molar-refractivity contribution < 1.29 is 4.74 Å². The van der Waals surface area contributed by atoms with Gasteiger partial charge in [-0.1, -0.05) is 29.8 Å². The van der Waals surface area contributed by atoms with Crippen LogP contribution in [-0.2, 0) is 4.74 Å². The molecular weight excluding hydrogens is 262 g/mol. The van der Waals surface area contributed by atoms with Gasteiger partial charge in [0.2, 0.25) is 0 Å². The summed E-state index contributed by atoms with van der Waals surface area (Å²) in [4.78, 5) is 6.98. The van der Waals surface area contributed by atoms with Crippen LogP contribution in [-0.4, -0.2) is 50.1 Å². The fourth-order valence-corrected chi connectivity index (χ4v) is 2.89. The summed E-state index contributed by atoms with van der Waals surface area (Å²) in [6.45, 7) is 5.14. The molecule has 5 heteroatoms.